The normalized spacial score (nSPS) is 10.3. The first-order valence-electron chi connectivity index (χ1n) is 8.07. The van der Waals surface area contributed by atoms with E-state index >= 15 is 0 Å². The standard InChI is InChI=1S/C19H14N4O4S/c1-27-15-7-3-5-13(9-15)17-16(10-20)18(24)22-19(21-17)28-11-12-4-2-6-14(8-12)23(25)26/h2-9H,11H2,1H3,(H,21,22,24). The molecule has 0 bridgehead atoms. The van der Waals surface area contributed by atoms with Crippen LogP contribution in [0.3, 0.4) is 0 Å². The number of nitriles is 1. The summed E-state index contributed by atoms with van der Waals surface area (Å²) in [5.74, 6) is 0.947. The molecule has 0 aliphatic heterocycles. The second-order valence-corrected chi connectivity index (χ2v) is 6.62. The summed E-state index contributed by atoms with van der Waals surface area (Å²) in [6.07, 6.45) is 0. The van der Waals surface area contributed by atoms with Gasteiger partial charge in [-0.05, 0) is 17.7 Å². The molecule has 0 amide bonds. The molecule has 2 aromatic carbocycles. The number of benzene rings is 2. The van der Waals surface area contributed by atoms with E-state index in [9.17, 15) is 20.2 Å². The quantitative estimate of drug-likeness (QED) is 0.294. The zero-order valence-electron chi connectivity index (χ0n) is 14.7. The maximum Gasteiger partial charge on any atom is 0.270 e. The monoisotopic (exact) mass is 394 g/mol. The van der Waals surface area contributed by atoms with E-state index in [1.807, 2.05) is 6.07 Å². The lowest BCUT2D eigenvalue weighted by Crippen LogP contribution is -2.14. The van der Waals surface area contributed by atoms with Gasteiger partial charge in [-0.2, -0.15) is 5.26 Å². The van der Waals surface area contributed by atoms with Gasteiger partial charge in [0.25, 0.3) is 11.2 Å². The number of nitro groups is 1. The van der Waals surface area contributed by atoms with Crippen LogP contribution in [0, 0.1) is 21.4 Å². The van der Waals surface area contributed by atoms with Gasteiger partial charge >= 0.3 is 0 Å². The lowest BCUT2D eigenvalue weighted by molar-refractivity contribution is -0.384. The number of rotatable bonds is 6. The molecule has 140 valence electrons. The van der Waals surface area contributed by atoms with E-state index in [4.69, 9.17) is 4.74 Å². The van der Waals surface area contributed by atoms with Gasteiger partial charge in [0.2, 0.25) is 0 Å². The Morgan fingerprint density at radius 2 is 2.07 bits per heavy atom. The van der Waals surface area contributed by atoms with Gasteiger partial charge in [-0.25, -0.2) is 4.98 Å². The third-order valence-electron chi connectivity index (χ3n) is 3.85. The van der Waals surface area contributed by atoms with Crippen LogP contribution in [0.1, 0.15) is 11.1 Å². The number of aromatic nitrogens is 2. The van der Waals surface area contributed by atoms with Crippen molar-refractivity contribution in [3.8, 4) is 23.1 Å². The average Bonchev–Trinajstić information content (AvgIpc) is 2.72. The smallest absolute Gasteiger partial charge is 0.270 e. The minimum absolute atomic E-state index is 0.00329. The predicted octanol–water partition coefficient (Wildman–Crippen LogP) is 3.52. The second kappa shape index (κ2) is 8.37. The highest BCUT2D eigenvalue weighted by Crippen LogP contribution is 2.27. The van der Waals surface area contributed by atoms with Crippen LogP contribution < -0.4 is 10.3 Å². The first-order chi connectivity index (χ1) is 13.5. The largest absolute Gasteiger partial charge is 0.497 e. The predicted molar refractivity (Wildman–Crippen MR) is 104 cm³/mol. The molecule has 9 heteroatoms. The Balaban J connectivity index is 1.94. The van der Waals surface area contributed by atoms with Gasteiger partial charge in [-0.15, -0.1) is 0 Å². The summed E-state index contributed by atoms with van der Waals surface area (Å²) in [7, 11) is 1.52. The van der Waals surface area contributed by atoms with Crippen molar-refractivity contribution < 1.29 is 9.66 Å². The third-order valence-corrected chi connectivity index (χ3v) is 4.79. The molecule has 0 spiro atoms. The number of thioether (sulfide) groups is 1. The van der Waals surface area contributed by atoms with Gasteiger partial charge in [0.05, 0.1) is 17.7 Å². The molecule has 0 saturated carbocycles. The number of nitrogens with zero attached hydrogens (tertiary/aromatic N) is 3. The van der Waals surface area contributed by atoms with Crippen LogP contribution in [0.5, 0.6) is 5.75 Å². The van der Waals surface area contributed by atoms with E-state index in [2.05, 4.69) is 9.97 Å². The number of nitrogens with one attached hydrogen (secondary N) is 1. The van der Waals surface area contributed by atoms with Crippen molar-refractivity contribution in [2.75, 3.05) is 7.11 Å². The SMILES string of the molecule is COc1cccc(-c2nc(SCc3cccc([N+](=O)[O-])c3)[nH]c(=O)c2C#N)c1. The molecule has 0 aliphatic rings. The van der Waals surface area contributed by atoms with Crippen LogP contribution in [0.4, 0.5) is 5.69 Å². The topological polar surface area (TPSA) is 122 Å². The molecular formula is C19H14N4O4S. The van der Waals surface area contributed by atoms with Gasteiger partial charge in [0.15, 0.2) is 5.16 Å². The fraction of sp³-hybridized carbons (Fsp3) is 0.105. The zero-order valence-corrected chi connectivity index (χ0v) is 15.5. The molecule has 28 heavy (non-hydrogen) atoms. The minimum Gasteiger partial charge on any atom is -0.497 e. The lowest BCUT2D eigenvalue weighted by Gasteiger charge is -2.08. The van der Waals surface area contributed by atoms with Gasteiger partial charge in [-0.3, -0.25) is 14.9 Å². The molecule has 0 aliphatic carbocycles. The van der Waals surface area contributed by atoms with Crippen molar-refractivity contribution in [1.29, 1.82) is 5.26 Å². The number of H-pyrrole nitrogens is 1. The average molecular weight is 394 g/mol. The molecule has 1 aromatic heterocycles. The van der Waals surface area contributed by atoms with Gasteiger partial charge in [-0.1, -0.05) is 36.0 Å². The van der Waals surface area contributed by atoms with E-state index in [1.54, 1.807) is 36.4 Å². The molecule has 0 radical (unpaired) electrons. The van der Waals surface area contributed by atoms with Crippen molar-refractivity contribution in [3.63, 3.8) is 0 Å². The molecule has 8 nitrogen and oxygen atoms in total. The fourth-order valence-corrected chi connectivity index (χ4v) is 3.32. The van der Waals surface area contributed by atoms with E-state index in [0.29, 0.717) is 27.8 Å². The third kappa shape index (κ3) is 4.19. The Labute approximate surface area is 164 Å². The van der Waals surface area contributed by atoms with Crippen LogP contribution in [-0.2, 0) is 5.75 Å². The Bertz CT molecular complexity index is 1140. The summed E-state index contributed by atoms with van der Waals surface area (Å²) >= 11 is 1.22. The number of methoxy groups -OCH3 is 1. The Kier molecular flexibility index (Phi) is 5.72. The van der Waals surface area contributed by atoms with E-state index in [-0.39, 0.29) is 16.9 Å². The summed E-state index contributed by atoms with van der Waals surface area (Å²) < 4.78 is 5.19. The van der Waals surface area contributed by atoms with Gasteiger partial charge in [0, 0.05) is 23.4 Å². The molecular weight excluding hydrogens is 380 g/mol. The molecule has 1 N–H and O–H groups in total. The van der Waals surface area contributed by atoms with Crippen LogP contribution in [-0.4, -0.2) is 22.0 Å². The number of non-ortho nitro benzene ring substituents is 1. The Morgan fingerprint density at radius 3 is 2.79 bits per heavy atom. The summed E-state index contributed by atoms with van der Waals surface area (Å²) in [5.41, 5.74) is 0.918. The molecule has 0 saturated heterocycles. The summed E-state index contributed by atoms with van der Waals surface area (Å²) in [4.78, 5) is 29.8. The van der Waals surface area contributed by atoms with E-state index in [1.165, 1.54) is 31.0 Å². The molecule has 0 unspecified atom stereocenters. The number of hydrogen-bond donors (Lipinski definition) is 1. The van der Waals surface area contributed by atoms with Crippen LogP contribution in [0.25, 0.3) is 11.3 Å². The number of nitro benzene ring substituents is 1. The zero-order chi connectivity index (χ0) is 20.1. The molecule has 3 aromatic rings. The van der Waals surface area contributed by atoms with Crippen molar-refractivity contribution in [1.82, 2.24) is 9.97 Å². The highest BCUT2D eigenvalue weighted by molar-refractivity contribution is 7.98. The van der Waals surface area contributed by atoms with Crippen molar-refractivity contribution in [2.24, 2.45) is 0 Å². The van der Waals surface area contributed by atoms with Crippen LogP contribution in [0.15, 0.2) is 58.5 Å². The maximum atomic E-state index is 12.3. The van der Waals surface area contributed by atoms with Crippen LogP contribution >= 0.6 is 11.8 Å². The van der Waals surface area contributed by atoms with Gasteiger partial charge < -0.3 is 9.72 Å². The highest BCUT2D eigenvalue weighted by atomic mass is 32.2. The molecule has 1 heterocycles. The second-order valence-electron chi connectivity index (χ2n) is 5.65. The van der Waals surface area contributed by atoms with E-state index < -0.39 is 10.5 Å². The van der Waals surface area contributed by atoms with Crippen molar-refractivity contribution in [2.45, 2.75) is 10.9 Å². The number of aromatic amines is 1. The first kappa shape index (κ1) is 19.1. The first-order valence-corrected chi connectivity index (χ1v) is 9.05. The summed E-state index contributed by atoms with van der Waals surface area (Å²) in [6.45, 7) is 0. The van der Waals surface area contributed by atoms with Gasteiger partial charge in [0.1, 0.15) is 17.4 Å². The minimum atomic E-state index is -0.545. The number of ether oxygens (including phenoxy) is 1. The molecule has 3 rings (SSSR count). The van der Waals surface area contributed by atoms with Crippen molar-refractivity contribution in [3.05, 3.63) is 80.1 Å². The maximum absolute atomic E-state index is 12.3. The van der Waals surface area contributed by atoms with Crippen molar-refractivity contribution >= 4 is 17.4 Å². The molecule has 0 atom stereocenters. The van der Waals surface area contributed by atoms with Crippen LogP contribution in [0.2, 0.25) is 0 Å². The fourth-order valence-electron chi connectivity index (χ4n) is 2.52. The summed E-state index contributed by atoms with van der Waals surface area (Å²) in [5, 5.41) is 20.6. The van der Waals surface area contributed by atoms with E-state index in [0.717, 1.165) is 0 Å². The Hall–Kier alpha value is -3.64. The number of hydrogen-bond acceptors (Lipinski definition) is 7. The summed E-state index contributed by atoms with van der Waals surface area (Å²) in [6, 6.07) is 15.1. The lowest BCUT2D eigenvalue weighted by atomic mass is 10.1. The highest BCUT2D eigenvalue weighted by Gasteiger charge is 2.15. The Morgan fingerprint density at radius 1 is 1.29 bits per heavy atom. The molecule has 0 fully saturated rings.